The molecule has 0 saturated heterocycles. The van der Waals surface area contributed by atoms with Gasteiger partial charge >= 0.3 is 18.3 Å². The van der Waals surface area contributed by atoms with Gasteiger partial charge in [-0.3, -0.25) is 0 Å². The van der Waals surface area contributed by atoms with Crippen LogP contribution in [0.15, 0.2) is 23.8 Å². The van der Waals surface area contributed by atoms with Crippen LogP contribution in [0.25, 0.3) is 0 Å². The van der Waals surface area contributed by atoms with E-state index in [-0.39, 0.29) is 50.5 Å². The predicted molar refractivity (Wildman–Crippen MR) is 131 cm³/mol. The first kappa shape index (κ1) is 32.0. The molecule has 232 valence electrons. The van der Waals surface area contributed by atoms with Crippen molar-refractivity contribution < 1.29 is 53.7 Å². The van der Waals surface area contributed by atoms with E-state index in [1.807, 2.05) is 6.92 Å². The first-order valence-corrected chi connectivity index (χ1v) is 14.2. The van der Waals surface area contributed by atoms with Crippen LogP contribution in [0.1, 0.15) is 84.0 Å². The monoisotopic (exact) mass is 602 g/mol. The molecule has 2 saturated carbocycles. The van der Waals surface area contributed by atoms with Gasteiger partial charge in [-0.15, -0.1) is 0 Å². The summed E-state index contributed by atoms with van der Waals surface area (Å²) in [4.78, 5) is 0. The van der Waals surface area contributed by atoms with Crippen LogP contribution < -0.4 is 4.74 Å². The van der Waals surface area contributed by atoms with Crippen LogP contribution in [0, 0.1) is 35.2 Å². The van der Waals surface area contributed by atoms with E-state index in [4.69, 9.17) is 9.47 Å². The van der Waals surface area contributed by atoms with E-state index in [0.717, 1.165) is 25.3 Å². The number of ether oxygens (including phenoxy) is 3. The Balaban J connectivity index is 1.25. The molecule has 0 N–H and O–H groups in total. The summed E-state index contributed by atoms with van der Waals surface area (Å²) in [7, 11) is 0. The molecule has 0 heterocycles. The molecule has 2 fully saturated rings. The van der Waals surface area contributed by atoms with Crippen LogP contribution in [-0.4, -0.2) is 30.5 Å². The summed E-state index contributed by atoms with van der Waals surface area (Å²) < 4.78 is 143. The maximum absolute atomic E-state index is 14.9. The fourth-order valence-corrected chi connectivity index (χ4v) is 6.04. The van der Waals surface area contributed by atoms with Crippen LogP contribution in [0.5, 0.6) is 5.75 Å². The van der Waals surface area contributed by atoms with Gasteiger partial charge in [-0.1, -0.05) is 19.4 Å². The fourth-order valence-electron chi connectivity index (χ4n) is 6.04. The zero-order valence-corrected chi connectivity index (χ0v) is 22.7. The lowest BCUT2D eigenvalue weighted by Gasteiger charge is -2.37. The second kappa shape index (κ2) is 12.7. The SMILES string of the molecule is CCC1CCC(C(F)(F)OC2CC=C(C(F)(F)OC3CCC(C(F)(F)Oc4cc(F)c(F)c(F)c4)CC3)CC2)CC1. The van der Waals surface area contributed by atoms with Crippen molar-refractivity contribution in [2.45, 2.75) is 115 Å². The molecule has 1 aromatic rings. The standard InChI is InChI=1S/C29H35F9O3/c1-2-17-3-5-18(6-4-17)27(33,34)39-21-11-7-19(8-12-21)28(35,36)40-22-13-9-20(10-14-22)29(37,38)41-23-15-24(30)26(32)25(31)16-23/h7,15-18,20-22H,2-6,8-14H2,1H3. The quantitative estimate of drug-likeness (QED) is 0.152. The molecule has 0 bridgehead atoms. The summed E-state index contributed by atoms with van der Waals surface area (Å²) in [6, 6.07) is 0.599. The Labute approximate surface area is 233 Å². The zero-order chi connectivity index (χ0) is 30.0. The van der Waals surface area contributed by atoms with E-state index in [1.165, 1.54) is 0 Å². The predicted octanol–water partition coefficient (Wildman–Crippen LogP) is 9.55. The summed E-state index contributed by atoms with van der Waals surface area (Å²) in [5.74, 6) is -7.98. The van der Waals surface area contributed by atoms with Gasteiger partial charge in [0.25, 0.3) is 0 Å². The summed E-state index contributed by atoms with van der Waals surface area (Å²) in [6.07, 6.45) is -9.76. The molecule has 12 heteroatoms. The minimum absolute atomic E-state index is 0.0223. The van der Waals surface area contributed by atoms with Gasteiger partial charge in [-0.25, -0.2) is 13.2 Å². The molecule has 0 amide bonds. The molecular formula is C29H35F9O3. The van der Waals surface area contributed by atoms with Crippen molar-refractivity contribution in [2.75, 3.05) is 0 Å². The van der Waals surface area contributed by atoms with Gasteiger partial charge in [0.05, 0.1) is 24.0 Å². The first-order valence-electron chi connectivity index (χ1n) is 14.2. The number of halogens is 9. The smallest absolute Gasteiger partial charge is 0.400 e. The highest BCUT2D eigenvalue weighted by Gasteiger charge is 2.48. The minimum Gasteiger partial charge on any atom is -0.432 e. The van der Waals surface area contributed by atoms with Crippen molar-refractivity contribution in [3.05, 3.63) is 41.2 Å². The molecule has 3 nitrogen and oxygen atoms in total. The third-order valence-electron chi connectivity index (χ3n) is 8.64. The van der Waals surface area contributed by atoms with Crippen LogP contribution in [-0.2, 0) is 9.47 Å². The third-order valence-corrected chi connectivity index (χ3v) is 8.64. The van der Waals surface area contributed by atoms with Gasteiger partial charge in [-0.2, -0.15) is 26.3 Å². The van der Waals surface area contributed by atoms with Gasteiger partial charge < -0.3 is 14.2 Å². The van der Waals surface area contributed by atoms with Crippen molar-refractivity contribution in [1.29, 1.82) is 0 Å². The first-order chi connectivity index (χ1) is 19.2. The van der Waals surface area contributed by atoms with Crippen LogP contribution in [0.3, 0.4) is 0 Å². The molecule has 1 atom stereocenters. The van der Waals surface area contributed by atoms with Crippen molar-refractivity contribution in [3.63, 3.8) is 0 Å². The summed E-state index contributed by atoms with van der Waals surface area (Å²) in [5.41, 5.74) is -0.361. The molecule has 1 unspecified atom stereocenters. The molecule has 1 aromatic carbocycles. The van der Waals surface area contributed by atoms with E-state index in [1.54, 1.807) is 0 Å². The average molecular weight is 603 g/mol. The number of hydrogen-bond acceptors (Lipinski definition) is 3. The number of benzene rings is 1. The normalized spacial score (nSPS) is 28.3. The number of hydrogen-bond donors (Lipinski definition) is 0. The van der Waals surface area contributed by atoms with Gasteiger partial charge in [-0.05, 0) is 76.5 Å². The Kier molecular flexibility index (Phi) is 9.93. The van der Waals surface area contributed by atoms with Gasteiger partial charge in [0, 0.05) is 17.7 Å². The van der Waals surface area contributed by atoms with E-state index < -0.39 is 65.6 Å². The van der Waals surface area contributed by atoms with Crippen molar-refractivity contribution in [1.82, 2.24) is 0 Å². The number of rotatable bonds is 10. The topological polar surface area (TPSA) is 27.7 Å². The van der Waals surface area contributed by atoms with E-state index in [2.05, 4.69) is 4.74 Å². The molecule has 0 spiro atoms. The molecule has 3 aliphatic rings. The molecule has 0 radical (unpaired) electrons. The van der Waals surface area contributed by atoms with E-state index >= 15 is 0 Å². The molecule has 4 rings (SSSR count). The third kappa shape index (κ3) is 7.91. The minimum atomic E-state index is -3.89. The summed E-state index contributed by atoms with van der Waals surface area (Å²) >= 11 is 0. The number of alkyl halides is 6. The largest absolute Gasteiger partial charge is 0.432 e. The van der Waals surface area contributed by atoms with Gasteiger partial charge in [0.15, 0.2) is 17.5 Å². The van der Waals surface area contributed by atoms with E-state index in [0.29, 0.717) is 30.9 Å². The van der Waals surface area contributed by atoms with Gasteiger partial charge in [0.2, 0.25) is 0 Å². The van der Waals surface area contributed by atoms with Crippen LogP contribution in [0.2, 0.25) is 0 Å². The molecule has 0 aliphatic heterocycles. The molecule has 41 heavy (non-hydrogen) atoms. The molecule has 3 aliphatic carbocycles. The second-order valence-electron chi connectivity index (χ2n) is 11.4. The Morgan fingerprint density at radius 2 is 1.27 bits per heavy atom. The Morgan fingerprint density at radius 1 is 0.707 bits per heavy atom. The Bertz CT molecular complexity index is 1040. The molecular weight excluding hydrogens is 567 g/mol. The Morgan fingerprint density at radius 3 is 1.80 bits per heavy atom. The van der Waals surface area contributed by atoms with Crippen molar-refractivity contribution in [3.8, 4) is 5.75 Å². The highest BCUT2D eigenvalue weighted by molar-refractivity contribution is 5.25. The Hall–Kier alpha value is -1.95. The van der Waals surface area contributed by atoms with Crippen molar-refractivity contribution in [2.24, 2.45) is 17.8 Å². The summed E-state index contributed by atoms with van der Waals surface area (Å²) in [6.45, 7) is 2.04. The van der Waals surface area contributed by atoms with E-state index in [9.17, 15) is 39.5 Å². The maximum atomic E-state index is 14.9. The zero-order valence-electron chi connectivity index (χ0n) is 22.7. The van der Waals surface area contributed by atoms with Crippen LogP contribution in [0.4, 0.5) is 39.5 Å². The fraction of sp³-hybridized carbons (Fsp3) is 0.724. The highest BCUT2D eigenvalue weighted by Crippen LogP contribution is 2.45. The molecule has 0 aromatic heterocycles. The highest BCUT2D eigenvalue weighted by atomic mass is 19.3. The lowest BCUT2D eigenvalue weighted by molar-refractivity contribution is -0.299. The summed E-state index contributed by atoms with van der Waals surface area (Å²) in [5, 5.41) is 0. The maximum Gasteiger partial charge on any atom is 0.400 e. The lowest BCUT2D eigenvalue weighted by Crippen LogP contribution is -2.41. The van der Waals surface area contributed by atoms with Crippen molar-refractivity contribution >= 4 is 0 Å². The second-order valence-corrected chi connectivity index (χ2v) is 11.4. The average Bonchev–Trinajstić information content (AvgIpc) is 2.91. The van der Waals surface area contributed by atoms with Crippen LogP contribution >= 0.6 is 0 Å². The van der Waals surface area contributed by atoms with Gasteiger partial charge in [0.1, 0.15) is 5.75 Å². The lowest BCUT2D eigenvalue weighted by atomic mass is 9.80.